The zero-order chi connectivity index (χ0) is 20.0. The second kappa shape index (κ2) is 7.13. The van der Waals surface area contributed by atoms with E-state index in [0.717, 1.165) is 31.6 Å². The number of hydrogen-bond donors (Lipinski definition) is 0. The van der Waals surface area contributed by atoms with E-state index in [1.807, 2.05) is 11.0 Å². The summed E-state index contributed by atoms with van der Waals surface area (Å²) in [5.41, 5.74) is 1.58. The minimum atomic E-state index is -0.410. The first-order chi connectivity index (χ1) is 14.0. The van der Waals surface area contributed by atoms with Crippen molar-refractivity contribution in [2.75, 3.05) is 32.7 Å². The highest BCUT2D eigenvalue weighted by Crippen LogP contribution is 2.43. The number of cyclic esters (lactones) is 1. The van der Waals surface area contributed by atoms with Gasteiger partial charge in [0.15, 0.2) is 11.5 Å². The molecule has 7 nitrogen and oxygen atoms in total. The Balaban J connectivity index is 1.23. The maximum atomic E-state index is 13.0. The molecule has 0 radical (unpaired) electrons. The third-order valence-electron chi connectivity index (χ3n) is 6.74. The molecular weight excluding hydrogens is 370 g/mol. The normalized spacial score (nSPS) is 24.5. The Hall–Kier alpha value is -2.41. The topological polar surface area (TPSA) is 75.9 Å². The summed E-state index contributed by atoms with van der Waals surface area (Å²) in [5, 5.41) is 0. The van der Waals surface area contributed by atoms with Crippen LogP contribution >= 0.6 is 0 Å². The van der Waals surface area contributed by atoms with Gasteiger partial charge in [0.1, 0.15) is 11.6 Å². The largest absolute Gasteiger partial charge is 0.461 e. The molecule has 7 heteroatoms. The van der Waals surface area contributed by atoms with Gasteiger partial charge in [-0.15, -0.1) is 0 Å². The van der Waals surface area contributed by atoms with Crippen LogP contribution in [-0.2, 0) is 9.53 Å². The van der Waals surface area contributed by atoms with Crippen molar-refractivity contribution in [1.29, 1.82) is 0 Å². The van der Waals surface area contributed by atoms with Gasteiger partial charge in [-0.05, 0) is 57.0 Å². The van der Waals surface area contributed by atoms with Crippen molar-refractivity contribution < 1.29 is 18.7 Å². The number of carbonyl (C=O) groups excluding carboxylic acids is 2. The van der Waals surface area contributed by atoms with Crippen LogP contribution in [-0.4, -0.2) is 65.5 Å². The van der Waals surface area contributed by atoms with E-state index in [-0.39, 0.29) is 18.0 Å². The number of oxazole rings is 1. The summed E-state index contributed by atoms with van der Waals surface area (Å²) in [6.45, 7) is 6.03. The Bertz CT molecular complexity index is 939. The van der Waals surface area contributed by atoms with Crippen molar-refractivity contribution in [3.8, 4) is 0 Å². The van der Waals surface area contributed by atoms with Crippen LogP contribution in [0.1, 0.15) is 48.4 Å². The molecule has 3 aliphatic heterocycles. The van der Waals surface area contributed by atoms with Crippen molar-refractivity contribution >= 4 is 23.0 Å². The monoisotopic (exact) mass is 397 g/mol. The quantitative estimate of drug-likeness (QED) is 0.742. The van der Waals surface area contributed by atoms with Gasteiger partial charge in [-0.3, -0.25) is 14.5 Å². The van der Waals surface area contributed by atoms with Crippen LogP contribution in [0.4, 0.5) is 0 Å². The molecule has 0 N–H and O–H groups in total. The fourth-order valence-corrected chi connectivity index (χ4v) is 5.09. The first-order valence-electron chi connectivity index (χ1n) is 10.6. The number of amides is 1. The van der Waals surface area contributed by atoms with Crippen LogP contribution in [0.2, 0.25) is 0 Å². The number of hydrogen-bond acceptors (Lipinski definition) is 6. The van der Waals surface area contributed by atoms with Gasteiger partial charge in [-0.2, -0.15) is 0 Å². The minimum Gasteiger partial charge on any atom is -0.461 e. The van der Waals surface area contributed by atoms with Crippen LogP contribution in [0.3, 0.4) is 0 Å². The van der Waals surface area contributed by atoms with Crippen molar-refractivity contribution in [1.82, 2.24) is 14.8 Å². The molecule has 0 saturated carbocycles. The summed E-state index contributed by atoms with van der Waals surface area (Å²) in [5.74, 6) is 0.510. The van der Waals surface area contributed by atoms with Crippen molar-refractivity contribution in [3.05, 3.63) is 29.7 Å². The summed E-state index contributed by atoms with van der Waals surface area (Å²) < 4.78 is 11.3. The molecule has 29 heavy (non-hydrogen) atoms. The Morgan fingerprint density at radius 1 is 1.21 bits per heavy atom. The van der Waals surface area contributed by atoms with E-state index in [2.05, 4.69) is 9.88 Å². The Kier molecular flexibility index (Phi) is 4.57. The number of piperidine rings is 1. The van der Waals surface area contributed by atoms with E-state index in [9.17, 15) is 9.59 Å². The number of likely N-dealkylation sites (tertiary alicyclic amines) is 2. The van der Waals surface area contributed by atoms with Crippen molar-refractivity contribution in [2.24, 2.45) is 5.41 Å². The van der Waals surface area contributed by atoms with Gasteiger partial charge in [-0.25, -0.2) is 4.98 Å². The summed E-state index contributed by atoms with van der Waals surface area (Å²) in [7, 11) is 0. The molecule has 154 valence electrons. The molecule has 4 heterocycles. The van der Waals surface area contributed by atoms with E-state index in [4.69, 9.17) is 9.15 Å². The van der Waals surface area contributed by atoms with Gasteiger partial charge < -0.3 is 14.1 Å². The predicted octanol–water partition coefficient (Wildman–Crippen LogP) is 2.77. The molecule has 1 amide bonds. The van der Waals surface area contributed by atoms with E-state index in [1.54, 1.807) is 19.1 Å². The number of aryl methyl sites for hydroxylation is 1. The lowest BCUT2D eigenvalue weighted by Gasteiger charge is -2.36. The van der Waals surface area contributed by atoms with Gasteiger partial charge >= 0.3 is 5.97 Å². The van der Waals surface area contributed by atoms with Crippen LogP contribution < -0.4 is 0 Å². The third-order valence-corrected chi connectivity index (χ3v) is 6.74. The van der Waals surface area contributed by atoms with Crippen LogP contribution in [0, 0.1) is 12.3 Å². The van der Waals surface area contributed by atoms with E-state index >= 15 is 0 Å². The number of aromatic nitrogens is 1. The lowest BCUT2D eigenvalue weighted by atomic mass is 9.76. The second-order valence-corrected chi connectivity index (χ2v) is 8.73. The van der Waals surface area contributed by atoms with Crippen LogP contribution in [0.5, 0.6) is 0 Å². The van der Waals surface area contributed by atoms with Gasteiger partial charge in [-0.1, -0.05) is 0 Å². The highest BCUT2D eigenvalue weighted by Gasteiger charge is 2.51. The number of benzene rings is 1. The molecule has 3 fully saturated rings. The number of rotatable bonds is 3. The number of esters is 1. The molecule has 2 aromatic rings. The summed E-state index contributed by atoms with van der Waals surface area (Å²) >= 11 is 0. The molecule has 1 spiro atoms. The summed E-state index contributed by atoms with van der Waals surface area (Å²) in [6, 6.07) is 5.38. The summed E-state index contributed by atoms with van der Waals surface area (Å²) in [6.07, 6.45) is 4.62. The van der Waals surface area contributed by atoms with E-state index in [0.29, 0.717) is 43.0 Å². The highest BCUT2D eigenvalue weighted by molar-refractivity contribution is 5.97. The molecule has 0 bridgehead atoms. The first kappa shape index (κ1) is 18.6. The molecule has 1 aromatic heterocycles. The number of nitrogens with zero attached hydrogens (tertiary/aromatic N) is 3. The molecule has 1 atom stereocenters. The lowest BCUT2D eigenvalue weighted by molar-refractivity contribution is -0.150. The number of fused-ring (bicyclic) bond motifs is 1. The Morgan fingerprint density at radius 2 is 1.97 bits per heavy atom. The highest BCUT2D eigenvalue weighted by atomic mass is 16.6. The minimum absolute atomic E-state index is 0.0000455. The SMILES string of the molecule is Cc1nc2ccc(C(=O)N3CCC4(CC3)CC(CN3CCCC3)OC4=O)cc2o1. The average Bonchev–Trinajstić information content (AvgIpc) is 3.41. The fourth-order valence-electron chi connectivity index (χ4n) is 5.09. The molecule has 1 unspecified atom stereocenters. The second-order valence-electron chi connectivity index (χ2n) is 8.73. The zero-order valence-corrected chi connectivity index (χ0v) is 16.9. The predicted molar refractivity (Wildman–Crippen MR) is 106 cm³/mol. The maximum absolute atomic E-state index is 13.0. The van der Waals surface area contributed by atoms with Crippen LogP contribution in [0.15, 0.2) is 22.6 Å². The molecule has 0 aliphatic carbocycles. The zero-order valence-electron chi connectivity index (χ0n) is 16.9. The van der Waals surface area contributed by atoms with Gasteiger partial charge in [0.2, 0.25) is 0 Å². The smallest absolute Gasteiger partial charge is 0.312 e. The van der Waals surface area contributed by atoms with Gasteiger partial charge in [0, 0.05) is 38.5 Å². The van der Waals surface area contributed by atoms with Gasteiger partial charge in [0.25, 0.3) is 5.91 Å². The standard InChI is InChI=1S/C22H27N3O4/c1-15-23-18-5-4-16(12-19(18)28-15)20(26)25-10-6-22(7-11-25)13-17(29-21(22)27)14-24-8-2-3-9-24/h4-5,12,17H,2-3,6-11,13-14H2,1H3. The Morgan fingerprint density at radius 3 is 2.72 bits per heavy atom. The number of carbonyl (C=O) groups is 2. The Labute approximate surface area is 170 Å². The molecular formula is C22H27N3O4. The summed E-state index contributed by atoms with van der Waals surface area (Å²) in [4.78, 5) is 34.2. The fraction of sp³-hybridized carbons (Fsp3) is 0.591. The number of ether oxygens (including phenoxy) is 1. The van der Waals surface area contributed by atoms with Crippen molar-refractivity contribution in [2.45, 2.75) is 45.1 Å². The van der Waals surface area contributed by atoms with Crippen LogP contribution in [0.25, 0.3) is 11.1 Å². The molecule has 3 saturated heterocycles. The lowest BCUT2D eigenvalue weighted by Crippen LogP contribution is -2.45. The third kappa shape index (κ3) is 3.41. The van der Waals surface area contributed by atoms with E-state index in [1.165, 1.54) is 12.8 Å². The van der Waals surface area contributed by atoms with Gasteiger partial charge in [0.05, 0.1) is 5.41 Å². The average molecular weight is 397 g/mol. The maximum Gasteiger partial charge on any atom is 0.312 e. The van der Waals surface area contributed by atoms with E-state index < -0.39 is 5.41 Å². The first-order valence-corrected chi connectivity index (χ1v) is 10.6. The van der Waals surface area contributed by atoms with Crippen molar-refractivity contribution in [3.63, 3.8) is 0 Å². The molecule has 3 aliphatic rings. The molecule has 5 rings (SSSR count). The molecule has 1 aromatic carbocycles.